The summed E-state index contributed by atoms with van der Waals surface area (Å²) in [6.07, 6.45) is 0. The van der Waals surface area contributed by atoms with Gasteiger partial charge in [0, 0.05) is 29.9 Å². The average Bonchev–Trinajstić information content (AvgIpc) is 2.65. The van der Waals surface area contributed by atoms with Crippen molar-refractivity contribution in [2.24, 2.45) is 7.05 Å². The number of aryl methyl sites for hydroxylation is 2. The zero-order valence-corrected chi connectivity index (χ0v) is 14.0. The molecule has 108 valence electrons. The summed E-state index contributed by atoms with van der Waals surface area (Å²) in [5.41, 5.74) is 3.92. The molecule has 0 aliphatic heterocycles. The molecule has 4 nitrogen and oxygen atoms in total. The van der Waals surface area contributed by atoms with E-state index in [0.717, 1.165) is 27.1 Å². The van der Waals surface area contributed by atoms with Gasteiger partial charge in [-0.15, -0.1) is 0 Å². The molecule has 20 heavy (non-hydrogen) atoms. The van der Waals surface area contributed by atoms with E-state index in [0.29, 0.717) is 18.2 Å². The van der Waals surface area contributed by atoms with E-state index in [1.54, 1.807) is 11.8 Å². The number of ether oxygens (including phenoxy) is 1. The lowest BCUT2D eigenvalue weighted by Gasteiger charge is -2.13. The Morgan fingerprint density at radius 1 is 1.45 bits per heavy atom. The van der Waals surface area contributed by atoms with Crippen molar-refractivity contribution in [2.75, 3.05) is 12.4 Å². The first kappa shape index (κ1) is 15.4. The van der Waals surface area contributed by atoms with E-state index in [9.17, 15) is 0 Å². The van der Waals surface area contributed by atoms with Crippen LogP contribution in [0.15, 0.2) is 22.7 Å². The summed E-state index contributed by atoms with van der Waals surface area (Å²) in [7, 11) is 3.58. The molecule has 0 amide bonds. The van der Waals surface area contributed by atoms with Gasteiger partial charge in [0.1, 0.15) is 0 Å². The third kappa shape index (κ3) is 3.16. The summed E-state index contributed by atoms with van der Waals surface area (Å²) in [5.74, 6) is 0. The summed E-state index contributed by atoms with van der Waals surface area (Å²) >= 11 is 9.80. The van der Waals surface area contributed by atoms with Gasteiger partial charge in [-0.3, -0.25) is 4.68 Å². The summed E-state index contributed by atoms with van der Waals surface area (Å²) in [4.78, 5) is 0. The lowest BCUT2D eigenvalue weighted by molar-refractivity contribution is 0.185. The molecule has 0 spiro atoms. The number of halogens is 2. The van der Waals surface area contributed by atoms with Crippen molar-refractivity contribution in [2.45, 2.75) is 20.1 Å². The highest BCUT2D eigenvalue weighted by Gasteiger charge is 2.12. The number of nitrogens with one attached hydrogen (secondary N) is 1. The van der Waals surface area contributed by atoms with E-state index in [2.05, 4.69) is 26.3 Å². The molecule has 0 atom stereocenters. The second-order valence-corrected chi connectivity index (χ2v) is 5.75. The molecule has 1 N–H and O–H groups in total. The molecule has 0 saturated carbocycles. The third-order valence-electron chi connectivity index (χ3n) is 3.12. The summed E-state index contributed by atoms with van der Waals surface area (Å²) in [6, 6.07) is 6.01. The van der Waals surface area contributed by atoms with Gasteiger partial charge in [0.05, 0.1) is 29.6 Å². The highest BCUT2D eigenvalue weighted by Crippen LogP contribution is 2.27. The highest BCUT2D eigenvalue weighted by atomic mass is 79.9. The number of aromatic nitrogens is 2. The van der Waals surface area contributed by atoms with Crippen molar-refractivity contribution < 1.29 is 4.74 Å². The standard InChI is InChI=1S/C14H17BrClN3O/c1-9-14(16)13(19(2)18-9)7-17-12-6-4-5-11(15)10(12)8-20-3/h4-6,17H,7-8H2,1-3H3. The molecule has 2 aromatic rings. The molecule has 6 heteroatoms. The number of anilines is 1. The van der Waals surface area contributed by atoms with Gasteiger partial charge in [-0.1, -0.05) is 33.6 Å². The Balaban J connectivity index is 2.21. The monoisotopic (exact) mass is 357 g/mol. The van der Waals surface area contributed by atoms with Gasteiger partial charge in [-0.2, -0.15) is 5.10 Å². The molecule has 0 saturated heterocycles. The van der Waals surface area contributed by atoms with Gasteiger partial charge in [0.2, 0.25) is 0 Å². The predicted molar refractivity (Wildman–Crippen MR) is 85.1 cm³/mol. The van der Waals surface area contributed by atoms with Crippen molar-refractivity contribution in [3.05, 3.63) is 44.6 Å². The minimum Gasteiger partial charge on any atom is -0.380 e. The first-order chi connectivity index (χ1) is 9.54. The lowest BCUT2D eigenvalue weighted by Crippen LogP contribution is -2.08. The van der Waals surface area contributed by atoms with Crippen LogP contribution in [0.4, 0.5) is 5.69 Å². The first-order valence-electron chi connectivity index (χ1n) is 6.22. The molecule has 2 rings (SSSR count). The second kappa shape index (κ2) is 6.61. The smallest absolute Gasteiger partial charge is 0.0865 e. The minimum atomic E-state index is 0.544. The zero-order valence-electron chi connectivity index (χ0n) is 11.7. The molecule has 0 radical (unpaired) electrons. The van der Waals surface area contributed by atoms with Crippen molar-refractivity contribution in [1.29, 1.82) is 0 Å². The van der Waals surface area contributed by atoms with Gasteiger partial charge in [-0.05, 0) is 19.1 Å². The molecule has 0 aliphatic carbocycles. The molecular weight excluding hydrogens is 342 g/mol. The number of methoxy groups -OCH3 is 1. The Bertz CT molecular complexity index is 613. The van der Waals surface area contributed by atoms with Crippen molar-refractivity contribution >= 4 is 33.2 Å². The number of hydrogen-bond acceptors (Lipinski definition) is 3. The summed E-state index contributed by atoms with van der Waals surface area (Å²) in [5, 5.41) is 8.42. The number of hydrogen-bond donors (Lipinski definition) is 1. The Labute approximate surface area is 132 Å². The molecule has 0 fully saturated rings. The van der Waals surface area contributed by atoms with E-state index < -0.39 is 0 Å². The van der Waals surface area contributed by atoms with Crippen LogP contribution < -0.4 is 5.32 Å². The number of benzene rings is 1. The van der Waals surface area contributed by atoms with E-state index in [1.165, 1.54) is 0 Å². The number of rotatable bonds is 5. The van der Waals surface area contributed by atoms with Crippen molar-refractivity contribution in [3.63, 3.8) is 0 Å². The van der Waals surface area contributed by atoms with Crippen LogP contribution in [0.3, 0.4) is 0 Å². The van der Waals surface area contributed by atoms with E-state index in [-0.39, 0.29) is 0 Å². The number of nitrogens with zero attached hydrogens (tertiary/aromatic N) is 2. The van der Waals surface area contributed by atoms with Crippen LogP contribution in [0, 0.1) is 6.92 Å². The lowest BCUT2D eigenvalue weighted by atomic mass is 10.2. The fourth-order valence-electron chi connectivity index (χ4n) is 2.07. The molecule has 1 aromatic heterocycles. The molecule has 0 aliphatic rings. The third-order valence-corrected chi connectivity index (χ3v) is 4.35. The maximum Gasteiger partial charge on any atom is 0.0865 e. The maximum absolute atomic E-state index is 6.26. The normalized spacial score (nSPS) is 10.8. The highest BCUT2D eigenvalue weighted by molar-refractivity contribution is 9.10. The minimum absolute atomic E-state index is 0.544. The van der Waals surface area contributed by atoms with Gasteiger partial charge in [0.25, 0.3) is 0 Å². The van der Waals surface area contributed by atoms with Crippen LogP contribution in [-0.4, -0.2) is 16.9 Å². The first-order valence-corrected chi connectivity index (χ1v) is 7.39. The zero-order chi connectivity index (χ0) is 14.7. The fourth-order valence-corrected chi connectivity index (χ4v) is 2.77. The van der Waals surface area contributed by atoms with Gasteiger partial charge in [-0.25, -0.2) is 0 Å². The maximum atomic E-state index is 6.26. The Morgan fingerprint density at radius 3 is 2.80 bits per heavy atom. The van der Waals surface area contributed by atoms with Crippen LogP contribution in [0.2, 0.25) is 5.02 Å². The van der Waals surface area contributed by atoms with Crippen LogP contribution in [0.25, 0.3) is 0 Å². The Kier molecular flexibility index (Phi) is 5.07. The molecule has 0 bridgehead atoms. The van der Waals surface area contributed by atoms with E-state index in [1.807, 2.05) is 32.2 Å². The second-order valence-electron chi connectivity index (χ2n) is 4.52. The van der Waals surface area contributed by atoms with Crippen LogP contribution in [0.1, 0.15) is 17.0 Å². The molecule has 0 unspecified atom stereocenters. The van der Waals surface area contributed by atoms with E-state index >= 15 is 0 Å². The largest absolute Gasteiger partial charge is 0.380 e. The quantitative estimate of drug-likeness (QED) is 0.881. The summed E-state index contributed by atoms with van der Waals surface area (Å²) < 4.78 is 8.07. The van der Waals surface area contributed by atoms with Gasteiger partial charge >= 0.3 is 0 Å². The SMILES string of the molecule is COCc1c(Br)cccc1NCc1c(Cl)c(C)nn1C. The van der Waals surface area contributed by atoms with E-state index in [4.69, 9.17) is 16.3 Å². The predicted octanol–water partition coefficient (Wildman–Crippen LogP) is 3.90. The van der Waals surface area contributed by atoms with Crippen molar-refractivity contribution in [1.82, 2.24) is 9.78 Å². The van der Waals surface area contributed by atoms with Crippen LogP contribution in [-0.2, 0) is 24.9 Å². The molecular formula is C14H17BrClN3O. The summed E-state index contributed by atoms with van der Waals surface area (Å²) in [6.45, 7) is 3.06. The van der Waals surface area contributed by atoms with Crippen LogP contribution in [0.5, 0.6) is 0 Å². The topological polar surface area (TPSA) is 39.1 Å². The fraction of sp³-hybridized carbons (Fsp3) is 0.357. The van der Waals surface area contributed by atoms with Gasteiger partial charge in [0.15, 0.2) is 0 Å². The Hall–Kier alpha value is -1.04. The van der Waals surface area contributed by atoms with Crippen LogP contribution >= 0.6 is 27.5 Å². The molecule has 1 heterocycles. The molecule has 1 aromatic carbocycles. The van der Waals surface area contributed by atoms with Gasteiger partial charge < -0.3 is 10.1 Å². The van der Waals surface area contributed by atoms with Crippen molar-refractivity contribution in [3.8, 4) is 0 Å². The average molecular weight is 359 g/mol. The Morgan fingerprint density at radius 2 is 2.20 bits per heavy atom.